The Morgan fingerprint density at radius 2 is 1.89 bits per heavy atom. The van der Waals surface area contributed by atoms with Gasteiger partial charge < -0.3 is 4.98 Å². The van der Waals surface area contributed by atoms with Crippen molar-refractivity contribution >= 4 is 28.2 Å². The first-order valence-electron chi connectivity index (χ1n) is 4.78. The van der Waals surface area contributed by atoms with Gasteiger partial charge in [-0.1, -0.05) is 11.6 Å². The molecule has 2 rings (SSSR count). The van der Waals surface area contributed by atoms with Gasteiger partial charge >= 0.3 is 6.18 Å². The number of fused-ring (bicyclic) bond motifs is 1. The van der Waals surface area contributed by atoms with Gasteiger partial charge in [0.2, 0.25) is 5.56 Å². The summed E-state index contributed by atoms with van der Waals surface area (Å²) in [6.45, 7) is 0. The van der Waals surface area contributed by atoms with Crippen LogP contribution in [0.2, 0.25) is 5.02 Å². The molecule has 1 N–H and O–H groups in total. The van der Waals surface area contributed by atoms with Crippen LogP contribution < -0.4 is 5.56 Å². The molecule has 19 heavy (non-hydrogen) atoms. The maximum absolute atomic E-state index is 12.8. The summed E-state index contributed by atoms with van der Waals surface area (Å²) in [5.74, 6) is 0. The molecule has 0 radical (unpaired) electrons. The van der Waals surface area contributed by atoms with Gasteiger partial charge in [-0.25, -0.2) is 0 Å². The smallest absolute Gasteiger partial charge is 0.322 e. The SMILES string of the molecule is O=c1cc(C(F)(F)F)c2cc([N+](=O)[O-])c(Cl)cc2[nH]1. The van der Waals surface area contributed by atoms with Gasteiger partial charge in [0.15, 0.2) is 0 Å². The number of rotatable bonds is 1. The van der Waals surface area contributed by atoms with Crippen molar-refractivity contribution in [2.45, 2.75) is 6.18 Å². The first-order chi connectivity index (χ1) is 8.70. The van der Waals surface area contributed by atoms with Gasteiger partial charge in [0.25, 0.3) is 5.69 Å². The molecule has 5 nitrogen and oxygen atoms in total. The number of halogens is 4. The molecule has 0 atom stereocenters. The third-order valence-electron chi connectivity index (χ3n) is 2.41. The Hall–Kier alpha value is -2.09. The van der Waals surface area contributed by atoms with Gasteiger partial charge in [-0.3, -0.25) is 14.9 Å². The van der Waals surface area contributed by atoms with E-state index in [1.807, 2.05) is 0 Å². The summed E-state index contributed by atoms with van der Waals surface area (Å²) in [4.78, 5) is 23.1. The number of aromatic nitrogens is 1. The number of benzene rings is 1. The van der Waals surface area contributed by atoms with E-state index in [0.717, 1.165) is 6.07 Å². The van der Waals surface area contributed by atoms with Crippen molar-refractivity contribution < 1.29 is 18.1 Å². The monoisotopic (exact) mass is 292 g/mol. The van der Waals surface area contributed by atoms with Crippen molar-refractivity contribution in [1.82, 2.24) is 4.98 Å². The van der Waals surface area contributed by atoms with E-state index in [1.165, 1.54) is 0 Å². The van der Waals surface area contributed by atoms with Crippen LogP contribution in [0, 0.1) is 10.1 Å². The van der Waals surface area contributed by atoms with Crippen LogP contribution in [-0.2, 0) is 6.18 Å². The number of nitrogens with one attached hydrogen (secondary N) is 1. The molecule has 0 saturated carbocycles. The molecule has 0 fully saturated rings. The highest BCUT2D eigenvalue weighted by Crippen LogP contribution is 2.36. The molecule has 1 heterocycles. The van der Waals surface area contributed by atoms with E-state index in [4.69, 9.17) is 11.6 Å². The molecule has 0 aliphatic rings. The van der Waals surface area contributed by atoms with Gasteiger partial charge in [0.05, 0.1) is 16.0 Å². The molecule has 0 aliphatic carbocycles. The first kappa shape index (κ1) is 13.3. The lowest BCUT2D eigenvalue weighted by Gasteiger charge is -2.10. The maximum atomic E-state index is 12.8. The Balaban J connectivity index is 2.93. The third kappa shape index (κ3) is 2.39. The number of H-pyrrole nitrogens is 1. The average molecular weight is 293 g/mol. The fourth-order valence-corrected chi connectivity index (χ4v) is 1.87. The van der Waals surface area contributed by atoms with Crippen molar-refractivity contribution in [2.75, 3.05) is 0 Å². The quantitative estimate of drug-likeness (QED) is 0.648. The summed E-state index contributed by atoms with van der Waals surface area (Å²) in [5, 5.41) is 9.82. The standard InChI is InChI=1S/C10H4ClF3N2O3/c11-6-3-7-4(1-8(6)16(18)19)5(10(12,13)14)2-9(17)15-7/h1-3H,(H,15,17). The minimum Gasteiger partial charge on any atom is -0.322 e. The first-order valence-corrected chi connectivity index (χ1v) is 5.16. The topological polar surface area (TPSA) is 76.0 Å². The highest BCUT2D eigenvalue weighted by molar-refractivity contribution is 6.33. The van der Waals surface area contributed by atoms with Gasteiger partial charge in [0, 0.05) is 17.5 Å². The van der Waals surface area contributed by atoms with E-state index in [0.29, 0.717) is 12.1 Å². The zero-order valence-corrected chi connectivity index (χ0v) is 9.67. The van der Waals surface area contributed by atoms with E-state index in [-0.39, 0.29) is 10.5 Å². The van der Waals surface area contributed by atoms with Gasteiger partial charge in [-0.05, 0) is 6.07 Å². The van der Waals surface area contributed by atoms with E-state index in [1.54, 1.807) is 0 Å². The van der Waals surface area contributed by atoms with Crippen LogP contribution in [0.25, 0.3) is 10.9 Å². The minimum atomic E-state index is -4.80. The molecule has 9 heteroatoms. The summed E-state index contributed by atoms with van der Waals surface area (Å²) in [7, 11) is 0. The van der Waals surface area contributed by atoms with E-state index >= 15 is 0 Å². The molecule has 100 valence electrons. The Morgan fingerprint density at radius 1 is 1.26 bits per heavy atom. The van der Waals surface area contributed by atoms with Crippen molar-refractivity contribution in [2.24, 2.45) is 0 Å². The molecule has 0 unspecified atom stereocenters. The molecule has 0 amide bonds. The lowest BCUT2D eigenvalue weighted by Crippen LogP contribution is -2.14. The van der Waals surface area contributed by atoms with Crippen molar-refractivity contribution in [3.05, 3.63) is 49.3 Å². The van der Waals surface area contributed by atoms with Crippen molar-refractivity contribution in [3.63, 3.8) is 0 Å². The molecule has 0 saturated heterocycles. The number of pyridine rings is 1. The number of nitro benzene ring substituents is 1. The number of hydrogen-bond donors (Lipinski definition) is 1. The minimum absolute atomic E-state index is 0.213. The van der Waals surface area contributed by atoms with Gasteiger partial charge in [-0.15, -0.1) is 0 Å². The Bertz CT molecular complexity index is 739. The molecule has 2 aromatic rings. The van der Waals surface area contributed by atoms with Crippen molar-refractivity contribution in [3.8, 4) is 0 Å². The molecule has 0 bridgehead atoms. The summed E-state index contributed by atoms with van der Waals surface area (Å²) in [6, 6.07) is 1.96. The van der Waals surface area contributed by atoms with Crippen LogP contribution in [0.5, 0.6) is 0 Å². The summed E-state index contributed by atoms with van der Waals surface area (Å²) in [6.07, 6.45) is -4.80. The molecular weight excluding hydrogens is 289 g/mol. The summed E-state index contributed by atoms with van der Waals surface area (Å²) >= 11 is 5.57. The Kier molecular flexibility index (Phi) is 2.97. The maximum Gasteiger partial charge on any atom is 0.417 e. The van der Waals surface area contributed by atoms with E-state index in [9.17, 15) is 28.1 Å². The lowest BCUT2D eigenvalue weighted by atomic mass is 10.1. The van der Waals surface area contributed by atoms with Gasteiger partial charge in [-0.2, -0.15) is 13.2 Å². The number of alkyl halides is 3. The predicted molar refractivity (Wildman–Crippen MR) is 61.2 cm³/mol. The second-order valence-corrected chi connectivity index (χ2v) is 4.06. The fraction of sp³-hybridized carbons (Fsp3) is 0.100. The second-order valence-electron chi connectivity index (χ2n) is 3.65. The van der Waals surface area contributed by atoms with Crippen LogP contribution in [0.3, 0.4) is 0 Å². The van der Waals surface area contributed by atoms with Crippen LogP contribution in [0.15, 0.2) is 23.0 Å². The molecule has 0 aliphatic heterocycles. The van der Waals surface area contributed by atoms with Crippen LogP contribution >= 0.6 is 11.6 Å². The predicted octanol–water partition coefficient (Wildman–Crippen LogP) is 3.11. The van der Waals surface area contributed by atoms with E-state index < -0.39 is 33.3 Å². The highest BCUT2D eigenvalue weighted by atomic mass is 35.5. The zero-order chi connectivity index (χ0) is 14.4. The molecule has 1 aromatic carbocycles. The summed E-state index contributed by atoms with van der Waals surface area (Å²) in [5.41, 5.74) is -3.09. The number of hydrogen-bond acceptors (Lipinski definition) is 3. The largest absolute Gasteiger partial charge is 0.417 e. The Morgan fingerprint density at radius 3 is 2.42 bits per heavy atom. The van der Waals surface area contributed by atoms with Crippen LogP contribution in [0.4, 0.5) is 18.9 Å². The van der Waals surface area contributed by atoms with Crippen molar-refractivity contribution in [1.29, 1.82) is 0 Å². The van der Waals surface area contributed by atoms with Crippen LogP contribution in [-0.4, -0.2) is 9.91 Å². The zero-order valence-electron chi connectivity index (χ0n) is 8.92. The Labute approximate surface area is 107 Å². The van der Waals surface area contributed by atoms with Crippen LogP contribution in [0.1, 0.15) is 5.56 Å². The molecule has 0 spiro atoms. The molecule has 1 aromatic heterocycles. The fourth-order valence-electron chi connectivity index (χ4n) is 1.64. The normalized spacial score (nSPS) is 11.8. The average Bonchev–Trinajstić information content (AvgIpc) is 2.25. The number of nitro groups is 1. The highest BCUT2D eigenvalue weighted by Gasteiger charge is 2.34. The lowest BCUT2D eigenvalue weighted by molar-refractivity contribution is -0.384. The van der Waals surface area contributed by atoms with Gasteiger partial charge in [0.1, 0.15) is 5.02 Å². The van der Waals surface area contributed by atoms with E-state index in [2.05, 4.69) is 4.98 Å². The molecular formula is C10H4ClF3N2O3. The third-order valence-corrected chi connectivity index (χ3v) is 2.72. The summed E-state index contributed by atoms with van der Waals surface area (Å²) < 4.78 is 38.3. The number of aromatic amines is 1. The second kappa shape index (κ2) is 4.23. The number of nitrogens with zero attached hydrogens (tertiary/aromatic N) is 1.